The van der Waals surface area contributed by atoms with Crippen molar-refractivity contribution in [3.05, 3.63) is 11.6 Å². The summed E-state index contributed by atoms with van der Waals surface area (Å²) < 4.78 is 55.1. The Balaban J connectivity index is 0.903. The number of fused-ring (bicyclic) bond motifs is 3. The SMILES string of the molecule is CC(CCC(OC[C@H]1OC(COCC2(C)OC(CO)[C@H](O)C(O)[C@H]2O)[C@H](O)C(O)[C@H]1O[C@@]1(C)OC(CO)[C@H](O)C(O)[C@H]1O)C(C)(C)O)[C@H](C)C1CC(O)[C@]2(C)C3CCC(OC[C@]4(C)CC(COCC5(C)OC(CO)[C@@H](O)[C@@H](O)C5O)[C@@H](O)[C@@H](O)C4O)C(C)(C)C3=CCC2[C@H]1C. The van der Waals surface area contributed by atoms with Crippen molar-refractivity contribution in [1.82, 2.24) is 0 Å². The molecule has 4 saturated heterocycles. The molecular weight excluding hydrogens is 1250 g/mol. The smallest absolute Gasteiger partial charge is 0.195 e. The van der Waals surface area contributed by atoms with Crippen LogP contribution in [0.5, 0.6) is 0 Å². The minimum atomic E-state index is -2.22. The summed E-state index contributed by atoms with van der Waals surface area (Å²) >= 11 is 0. The Morgan fingerprint density at radius 1 is 0.579 bits per heavy atom. The first-order valence-corrected chi connectivity index (χ1v) is 34.3. The van der Waals surface area contributed by atoms with Crippen LogP contribution in [-0.4, -0.2) is 319 Å². The molecule has 4 aliphatic carbocycles. The normalized spacial score (nSPS) is 49.8. The van der Waals surface area contributed by atoms with Gasteiger partial charge in [0.05, 0.1) is 95.6 Å². The first-order valence-electron chi connectivity index (χ1n) is 34.3. The third-order valence-corrected chi connectivity index (χ3v) is 24.5. The molecule has 3 saturated carbocycles. The van der Waals surface area contributed by atoms with Gasteiger partial charge >= 0.3 is 0 Å². The van der Waals surface area contributed by atoms with Gasteiger partial charge in [-0.05, 0) is 115 Å². The van der Waals surface area contributed by atoms with Crippen LogP contribution in [-0.2, 0) is 42.6 Å². The molecule has 0 bridgehead atoms. The molecular formula is C67H118O28. The van der Waals surface area contributed by atoms with E-state index in [-0.39, 0.29) is 67.9 Å². The Hall–Kier alpha value is -1.38. The number of allylic oxidation sites excluding steroid dienone is 1. The van der Waals surface area contributed by atoms with Crippen LogP contribution in [0.2, 0.25) is 0 Å². The van der Waals surface area contributed by atoms with Crippen LogP contribution in [0, 0.1) is 57.7 Å². The van der Waals surface area contributed by atoms with E-state index in [0.717, 1.165) is 12.8 Å². The molecule has 0 aromatic carbocycles. The molecule has 0 aromatic heterocycles. The Kier molecular flexibility index (Phi) is 25.5. The first-order chi connectivity index (χ1) is 44.1. The molecule has 35 atom stereocenters. The zero-order chi connectivity index (χ0) is 70.8. The van der Waals surface area contributed by atoms with Crippen LogP contribution >= 0.6 is 0 Å². The fourth-order valence-electron chi connectivity index (χ4n) is 17.7. The molecule has 554 valence electrons. The third kappa shape index (κ3) is 15.5. The zero-order valence-corrected chi connectivity index (χ0v) is 57.4. The molecule has 4 heterocycles. The summed E-state index contributed by atoms with van der Waals surface area (Å²) in [5.74, 6) is -2.31. The van der Waals surface area contributed by atoms with E-state index in [0.29, 0.717) is 25.7 Å². The second kappa shape index (κ2) is 30.5. The van der Waals surface area contributed by atoms with Gasteiger partial charge in [0.15, 0.2) is 5.79 Å². The zero-order valence-electron chi connectivity index (χ0n) is 57.4. The predicted octanol–water partition coefficient (Wildman–Crippen LogP) is -3.34. The monoisotopic (exact) mass is 1370 g/mol. The summed E-state index contributed by atoms with van der Waals surface area (Å²) in [6.45, 7) is 18.5. The number of aliphatic hydroxyl groups excluding tert-OH is 18. The predicted molar refractivity (Wildman–Crippen MR) is 334 cm³/mol. The van der Waals surface area contributed by atoms with E-state index in [1.165, 1.54) is 26.3 Å². The Morgan fingerprint density at radius 2 is 1.09 bits per heavy atom. The van der Waals surface area contributed by atoms with Crippen LogP contribution in [0.15, 0.2) is 11.6 Å². The van der Waals surface area contributed by atoms with E-state index in [4.69, 9.17) is 42.6 Å². The summed E-state index contributed by atoms with van der Waals surface area (Å²) in [6.07, 6.45) is -27.0. The van der Waals surface area contributed by atoms with Gasteiger partial charge in [0, 0.05) is 22.2 Å². The van der Waals surface area contributed by atoms with E-state index in [9.17, 15) is 97.0 Å². The molecule has 0 aromatic rings. The molecule has 4 aliphatic heterocycles. The van der Waals surface area contributed by atoms with Crippen molar-refractivity contribution in [3.63, 3.8) is 0 Å². The highest BCUT2D eigenvalue weighted by Crippen LogP contribution is 2.64. The highest BCUT2D eigenvalue weighted by molar-refractivity contribution is 5.29. The lowest BCUT2D eigenvalue weighted by Crippen LogP contribution is -2.69. The summed E-state index contributed by atoms with van der Waals surface area (Å²) in [5, 5.41) is 207. The van der Waals surface area contributed by atoms with Gasteiger partial charge in [0.1, 0.15) is 121 Å². The second-order valence-electron chi connectivity index (χ2n) is 32.0. The molecule has 0 radical (unpaired) electrons. The molecule has 28 heteroatoms. The van der Waals surface area contributed by atoms with E-state index >= 15 is 0 Å². The van der Waals surface area contributed by atoms with Crippen molar-refractivity contribution < 1.29 is 140 Å². The lowest BCUT2D eigenvalue weighted by atomic mass is 9.44. The van der Waals surface area contributed by atoms with Gasteiger partial charge in [0.2, 0.25) is 0 Å². The van der Waals surface area contributed by atoms with Crippen molar-refractivity contribution in [3.8, 4) is 0 Å². The van der Waals surface area contributed by atoms with Crippen LogP contribution in [0.4, 0.5) is 0 Å². The summed E-state index contributed by atoms with van der Waals surface area (Å²) in [5.41, 5.74) is -5.45. The standard InChI is InChI=1S/C67H118O28/c1-30(13-17-45(62(6,7)86)89-26-42-56(95-67(12)60(85)55(81)49(75)40(23-70)94-67)51(77)50(76)41(91-42)25-88-29-65(10)59(84)54(80)48(74)39(22-69)93-65)31(2)34-19-43(71)66(11)35(32(34)3)14-15-36-37(66)16-18-44(61(36,4)5)90-27-63(8)20-33(46(72)52(78)57(63)82)24-87-28-64(9)58(83)53(79)47(73)38(21-68)92-64/h15,30-35,37-60,68-86H,13-14,16-29H2,1-12H3/t30?,31-,32-,33?,34?,35?,37?,38?,39?,40?,41?,42+,43?,44?,45?,46+,47+,48-,49-,50-,51?,52+,53+,54?,55?,56-,57?,58?,59+,60+,63-,64?,65?,66-,67+/m0/s1. The largest absolute Gasteiger partial charge is 0.394 e. The highest BCUT2D eigenvalue weighted by atomic mass is 16.7. The van der Waals surface area contributed by atoms with Crippen LogP contribution < -0.4 is 0 Å². The molecule has 0 amide bonds. The maximum atomic E-state index is 12.6. The average molecular weight is 1370 g/mol. The molecule has 95 heavy (non-hydrogen) atoms. The molecule has 19 unspecified atom stereocenters. The van der Waals surface area contributed by atoms with Gasteiger partial charge in [-0.15, -0.1) is 0 Å². The number of ether oxygens (including phenoxy) is 9. The quantitative estimate of drug-likeness (QED) is 0.0397. The van der Waals surface area contributed by atoms with Gasteiger partial charge in [0.25, 0.3) is 0 Å². The summed E-state index contributed by atoms with van der Waals surface area (Å²) in [7, 11) is 0. The van der Waals surface area contributed by atoms with Crippen molar-refractivity contribution in [2.45, 2.75) is 291 Å². The summed E-state index contributed by atoms with van der Waals surface area (Å²) in [6, 6.07) is 0. The van der Waals surface area contributed by atoms with E-state index in [2.05, 4.69) is 47.6 Å². The van der Waals surface area contributed by atoms with Crippen LogP contribution in [0.25, 0.3) is 0 Å². The van der Waals surface area contributed by atoms with Gasteiger partial charge in [-0.25, -0.2) is 0 Å². The molecule has 0 spiro atoms. The van der Waals surface area contributed by atoms with E-state index in [1.807, 2.05) is 0 Å². The lowest BCUT2D eigenvalue weighted by Gasteiger charge is -2.62. The number of rotatable bonds is 25. The fraction of sp³-hybridized carbons (Fsp3) is 0.970. The second-order valence-corrected chi connectivity index (χ2v) is 32.0. The third-order valence-electron chi connectivity index (χ3n) is 24.5. The minimum Gasteiger partial charge on any atom is -0.394 e. The molecule has 7 fully saturated rings. The Labute approximate surface area is 557 Å². The number of hydrogen-bond acceptors (Lipinski definition) is 28. The van der Waals surface area contributed by atoms with Gasteiger partial charge in [-0.1, -0.05) is 60.1 Å². The summed E-state index contributed by atoms with van der Waals surface area (Å²) in [4.78, 5) is 0. The van der Waals surface area contributed by atoms with Gasteiger partial charge < -0.3 is 140 Å². The number of aliphatic hydroxyl groups is 19. The molecule has 19 N–H and O–H groups in total. The first kappa shape index (κ1) is 79.3. The number of hydrogen-bond donors (Lipinski definition) is 19. The maximum Gasteiger partial charge on any atom is 0.195 e. The van der Waals surface area contributed by atoms with Gasteiger partial charge in [-0.3, -0.25) is 0 Å². The highest BCUT2D eigenvalue weighted by Gasteiger charge is 2.62. The van der Waals surface area contributed by atoms with E-state index < -0.39 is 219 Å². The average Bonchev–Trinajstić information content (AvgIpc) is 0.711. The lowest BCUT2D eigenvalue weighted by molar-refractivity contribution is -0.391. The van der Waals surface area contributed by atoms with Crippen LogP contribution in [0.1, 0.15) is 128 Å². The minimum absolute atomic E-state index is 0.0391. The van der Waals surface area contributed by atoms with Crippen LogP contribution in [0.3, 0.4) is 0 Å². The maximum absolute atomic E-state index is 12.6. The van der Waals surface area contributed by atoms with Crippen molar-refractivity contribution in [1.29, 1.82) is 0 Å². The van der Waals surface area contributed by atoms with E-state index in [1.54, 1.807) is 20.8 Å². The fourth-order valence-corrected chi connectivity index (χ4v) is 17.7. The Bertz CT molecular complexity index is 2490. The molecule has 8 aliphatic rings. The van der Waals surface area contributed by atoms with Gasteiger partial charge in [-0.2, -0.15) is 0 Å². The van der Waals surface area contributed by atoms with Crippen molar-refractivity contribution in [2.75, 3.05) is 59.5 Å². The Morgan fingerprint density at radius 3 is 1.64 bits per heavy atom. The molecule has 28 nitrogen and oxygen atoms in total. The van der Waals surface area contributed by atoms with Crippen molar-refractivity contribution in [2.24, 2.45) is 57.7 Å². The van der Waals surface area contributed by atoms with Crippen molar-refractivity contribution >= 4 is 0 Å². The topological polar surface area (TPSA) is 467 Å². The molecule has 8 rings (SSSR count).